The first kappa shape index (κ1) is 22.4. The van der Waals surface area contributed by atoms with Crippen LogP contribution in [-0.4, -0.2) is 49.5 Å². The third-order valence-electron chi connectivity index (χ3n) is 4.14. The van der Waals surface area contributed by atoms with Crippen LogP contribution >= 0.6 is 0 Å². The van der Waals surface area contributed by atoms with Crippen molar-refractivity contribution in [1.29, 1.82) is 5.26 Å². The third-order valence-corrected chi connectivity index (χ3v) is 4.14. The van der Waals surface area contributed by atoms with Crippen molar-refractivity contribution < 1.29 is 23.9 Å². The number of hydrogen-bond acceptors (Lipinski definition) is 6. The molecule has 2 aromatic carbocycles. The fraction of sp³-hybridized carbons (Fsp3) is 0.273. The van der Waals surface area contributed by atoms with Crippen molar-refractivity contribution in [3.63, 3.8) is 0 Å². The van der Waals surface area contributed by atoms with Crippen molar-refractivity contribution in [2.24, 2.45) is 0 Å². The summed E-state index contributed by atoms with van der Waals surface area (Å²) < 4.78 is 10.3. The van der Waals surface area contributed by atoms with E-state index in [2.05, 4.69) is 5.32 Å². The second-order valence-corrected chi connectivity index (χ2v) is 6.33. The molecule has 0 atom stereocenters. The first-order chi connectivity index (χ1) is 14.5. The van der Waals surface area contributed by atoms with Gasteiger partial charge in [0.25, 0.3) is 5.91 Å². The van der Waals surface area contributed by atoms with Gasteiger partial charge in [-0.25, -0.2) is 4.79 Å². The molecule has 0 unspecified atom stereocenters. The van der Waals surface area contributed by atoms with Crippen LogP contribution in [0.15, 0.2) is 48.5 Å². The van der Waals surface area contributed by atoms with Crippen LogP contribution < -0.4 is 10.1 Å². The van der Waals surface area contributed by atoms with Gasteiger partial charge in [-0.2, -0.15) is 5.26 Å². The molecule has 0 heterocycles. The van der Waals surface area contributed by atoms with Gasteiger partial charge >= 0.3 is 5.97 Å². The van der Waals surface area contributed by atoms with E-state index in [1.807, 2.05) is 13.0 Å². The Balaban J connectivity index is 1.94. The highest BCUT2D eigenvalue weighted by Crippen LogP contribution is 2.22. The Labute approximate surface area is 175 Å². The molecule has 30 heavy (non-hydrogen) atoms. The monoisotopic (exact) mass is 409 g/mol. The Morgan fingerprint density at radius 1 is 1.10 bits per heavy atom. The van der Waals surface area contributed by atoms with Gasteiger partial charge in [0.15, 0.2) is 6.61 Å². The van der Waals surface area contributed by atoms with Crippen molar-refractivity contribution in [3.05, 3.63) is 59.7 Å². The molecule has 8 heteroatoms. The molecule has 2 rings (SSSR count). The zero-order valence-corrected chi connectivity index (χ0v) is 16.9. The van der Waals surface area contributed by atoms with E-state index < -0.39 is 18.5 Å². The number of methoxy groups -OCH3 is 1. The van der Waals surface area contributed by atoms with Crippen molar-refractivity contribution in [1.82, 2.24) is 4.90 Å². The highest BCUT2D eigenvalue weighted by molar-refractivity contribution is 5.96. The Kier molecular flexibility index (Phi) is 8.39. The number of rotatable bonds is 9. The van der Waals surface area contributed by atoms with Crippen molar-refractivity contribution in [2.45, 2.75) is 13.3 Å². The predicted molar refractivity (Wildman–Crippen MR) is 110 cm³/mol. The second kappa shape index (κ2) is 11.2. The Morgan fingerprint density at radius 3 is 2.43 bits per heavy atom. The standard InChI is InChI=1S/C22H23N3O5/c1-3-12-25(14-20(26)24-18-6-4-5-7-19(18)29-2)21(27)15-30-22(28)17-10-8-16(13-23)9-11-17/h4-11H,3,12,14-15H2,1-2H3,(H,24,26). The van der Waals surface area contributed by atoms with Gasteiger partial charge in [0.2, 0.25) is 5.91 Å². The normalized spacial score (nSPS) is 9.90. The molecule has 2 aromatic rings. The first-order valence-corrected chi connectivity index (χ1v) is 9.36. The van der Waals surface area contributed by atoms with Crippen LogP contribution in [0.4, 0.5) is 5.69 Å². The summed E-state index contributed by atoms with van der Waals surface area (Å²) >= 11 is 0. The topological polar surface area (TPSA) is 109 Å². The summed E-state index contributed by atoms with van der Waals surface area (Å²) in [4.78, 5) is 38.3. The Bertz CT molecular complexity index is 935. The molecule has 156 valence electrons. The molecular formula is C22H23N3O5. The van der Waals surface area contributed by atoms with E-state index >= 15 is 0 Å². The largest absolute Gasteiger partial charge is 0.495 e. The Hall–Kier alpha value is -3.86. The van der Waals surface area contributed by atoms with Gasteiger partial charge in [0.1, 0.15) is 5.75 Å². The summed E-state index contributed by atoms with van der Waals surface area (Å²) in [7, 11) is 1.50. The smallest absolute Gasteiger partial charge is 0.338 e. The van der Waals surface area contributed by atoms with E-state index in [4.69, 9.17) is 14.7 Å². The minimum Gasteiger partial charge on any atom is -0.495 e. The quantitative estimate of drug-likeness (QED) is 0.638. The average Bonchev–Trinajstić information content (AvgIpc) is 2.77. The first-order valence-electron chi connectivity index (χ1n) is 9.36. The van der Waals surface area contributed by atoms with E-state index in [0.717, 1.165) is 0 Å². The minimum absolute atomic E-state index is 0.181. The van der Waals surface area contributed by atoms with Crippen molar-refractivity contribution in [2.75, 3.05) is 32.1 Å². The van der Waals surface area contributed by atoms with E-state index in [9.17, 15) is 14.4 Å². The van der Waals surface area contributed by atoms with Crippen LogP contribution in [0, 0.1) is 11.3 Å². The zero-order valence-electron chi connectivity index (χ0n) is 16.9. The number of amides is 2. The molecule has 0 fully saturated rings. The van der Waals surface area contributed by atoms with Gasteiger partial charge in [0, 0.05) is 6.54 Å². The number of carbonyl (C=O) groups excluding carboxylic acids is 3. The van der Waals surface area contributed by atoms with Crippen LogP contribution in [0.5, 0.6) is 5.75 Å². The average molecular weight is 409 g/mol. The van der Waals surface area contributed by atoms with Gasteiger partial charge in [-0.15, -0.1) is 0 Å². The lowest BCUT2D eigenvalue weighted by molar-refractivity contribution is -0.137. The van der Waals surface area contributed by atoms with Gasteiger partial charge in [-0.3, -0.25) is 9.59 Å². The summed E-state index contributed by atoms with van der Waals surface area (Å²) in [6.45, 7) is 1.55. The maximum absolute atomic E-state index is 12.5. The second-order valence-electron chi connectivity index (χ2n) is 6.33. The van der Waals surface area contributed by atoms with Crippen molar-refractivity contribution in [3.8, 4) is 11.8 Å². The Morgan fingerprint density at radius 2 is 1.80 bits per heavy atom. The number of para-hydroxylation sites is 2. The third kappa shape index (κ3) is 6.34. The molecule has 0 radical (unpaired) electrons. The molecule has 0 aliphatic rings. The molecule has 0 spiro atoms. The molecular weight excluding hydrogens is 386 g/mol. The lowest BCUT2D eigenvalue weighted by atomic mass is 10.1. The highest BCUT2D eigenvalue weighted by Gasteiger charge is 2.19. The number of carbonyl (C=O) groups is 3. The molecule has 0 aromatic heterocycles. The van der Waals surface area contributed by atoms with E-state index in [1.54, 1.807) is 24.3 Å². The number of benzene rings is 2. The van der Waals surface area contributed by atoms with Crippen molar-refractivity contribution >= 4 is 23.5 Å². The summed E-state index contributed by atoms with van der Waals surface area (Å²) in [6.07, 6.45) is 0.636. The minimum atomic E-state index is -0.678. The summed E-state index contributed by atoms with van der Waals surface area (Å²) in [6, 6.07) is 14.8. The van der Waals surface area contributed by atoms with Crippen LogP contribution in [0.2, 0.25) is 0 Å². The number of hydrogen-bond donors (Lipinski definition) is 1. The summed E-state index contributed by atoms with van der Waals surface area (Å²) in [5.41, 5.74) is 1.15. The highest BCUT2D eigenvalue weighted by atomic mass is 16.5. The fourth-order valence-electron chi connectivity index (χ4n) is 2.66. The van der Waals surface area contributed by atoms with Crippen LogP contribution in [-0.2, 0) is 14.3 Å². The number of anilines is 1. The summed E-state index contributed by atoms with van der Waals surface area (Å²) in [5.74, 6) is -1.04. The number of esters is 1. The van der Waals surface area contributed by atoms with E-state index in [0.29, 0.717) is 30.0 Å². The lowest BCUT2D eigenvalue weighted by Gasteiger charge is -2.21. The van der Waals surface area contributed by atoms with Gasteiger partial charge in [-0.1, -0.05) is 19.1 Å². The van der Waals surface area contributed by atoms with Gasteiger partial charge in [0.05, 0.1) is 36.5 Å². The van der Waals surface area contributed by atoms with Crippen LogP contribution in [0.25, 0.3) is 0 Å². The molecule has 0 aliphatic carbocycles. The fourth-order valence-corrected chi connectivity index (χ4v) is 2.66. The lowest BCUT2D eigenvalue weighted by Crippen LogP contribution is -2.40. The van der Waals surface area contributed by atoms with Gasteiger partial charge < -0.3 is 19.7 Å². The molecule has 0 bridgehead atoms. The maximum Gasteiger partial charge on any atom is 0.338 e. The molecule has 0 saturated heterocycles. The summed E-state index contributed by atoms with van der Waals surface area (Å²) in [5, 5.41) is 11.5. The molecule has 0 saturated carbocycles. The predicted octanol–water partition coefficient (Wildman–Crippen LogP) is 2.60. The number of nitrogens with zero attached hydrogens (tertiary/aromatic N) is 2. The number of nitriles is 1. The molecule has 8 nitrogen and oxygen atoms in total. The molecule has 1 N–H and O–H groups in total. The van der Waals surface area contributed by atoms with Crippen LogP contribution in [0.3, 0.4) is 0 Å². The van der Waals surface area contributed by atoms with E-state index in [1.165, 1.54) is 36.3 Å². The number of nitrogens with one attached hydrogen (secondary N) is 1. The van der Waals surface area contributed by atoms with Gasteiger partial charge in [-0.05, 0) is 42.8 Å². The SMILES string of the molecule is CCCN(CC(=O)Nc1ccccc1OC)C(=O)COC(=O)c1ccc(C#N)cc1. The number of ether oxygens (including phenoxy) is 2. The van der Waals surface area contributed by atoms with E-state index in [-0.39, 0.29) is 18.0 Å². The van der Waals surface area contributed by atoms with Crippen LogP contribution in [0.1, 0.15) is 29.3 Å². The maximum atomic E-state index is 12.5. The molecule has 0 aliphatic heterocycles. The zero-order chi connectivity index (χ0) is 21.9. The molecule has 2 amide bonds.